The van der Waals surface area contributed by atoms with Gasteiger partial charge in [-0.3, -0.25) is 9.59 Å². The molecule has 0 fully saturated rings. The number of carbonyl (C=O) groups is 2. The average molecular weight is 396 g/mol. The molecule has 6 heteroatoms. The van der Waals surface area contributed by atoms with Gasteiger partial charge < -0.3 is 20.3 Å². The maximum atomic E-state index is 12.7. The molecule has 0 bridgehead atoms. The highest BCUT2D eigenvalue weighted by atomic mass is 16.5. The van der Waals surface area contributed by atoms with Gasteiger partial charge in [0, 0.05) is 25.3 Å². The molecule has 1 aliphatic rings. The lowest BCUT2D eigenvalue weighted by Gasteiger charge is -2.24. The summed E-state index contributed by atoms with van der Waals surface area (Å²) < 4.78 is 5.25. The van der Waals surface area contributed by atoms with Gasteiger partial charge >= 0.3 is 0 Å². The van der Waals surface area contributed by atoms with E-state index in [1.165, 1.54) is 18.4 Å². The van der Waals surface area contributed by atoms with E-state index in [4.69, 9.17) is 4.74 Å². The summed E-state index contributed by atoms with van der Waals surface area (Å²) in [7, 11) is 1.52. The van der Waals surface area contributed by atoms with Gasteiger partial charge in [-0.25, -0.2) is 0 Å². The molecule has 6 nitrogen and oxygen atoms in total. The Bertz CT molecular complexity index is 866. The van der Waals surface area contributed by atoms with Crippen molar-refractivity contribution in [3.05, 3.63) is 59.7 Å². The van der Waals surface area contributed by atoms with Gasteiger partial charge in [-0.2, -0.15) is 0 Å². The molecule has 3 rings (SSSR count). The average Bonchev–Trinajstić information content (AvgIpc) is 3.14. The number of carbonyl (C=O) groups excluding carboxylic acids is 2. The van der Waals surface area contributed by atoms with E-state index < -0.39 is 6.04 Å². The molecule has 2 N–H and O–H groups in total. The van der Waals surface area contributed by atoms with Crippen LogP contribution in [-0.2, 0) is 11.2 Å². The number of rotatable bonds is 8. The molecule has 0 unspecified atom stereocenters. The van der Waals surface area contributed by atoms with Crippen molar-refractivity contribution < 1.29 is 14.3 Å². The number of benzene rings is 2. The van der Waals surface area contributed by atoms with Crippen molar-refractivity contribution >= 4 is 17.5 Å². The second-order valence-electron chi connectivity index (χ2n) is 7.55. The Balaban J connectivity index is 1.56. The van der Waals surface area contributed by atoms with Crippen LogP contribution in [0.3, 0.4) is 0 Å². The number of hydrogen-bond acceptors (Lipinski definition) is 4. The minimum Gasteiger partial charge on any atom is -0.496 e. The smallest absolute Gasteiger partial charge is 0.255 e. The third-order valence-electron chi connectivity index (χ3n) is 5.25. The lowest BCUT2D eigenvalue weighted by atomic mass is 10.0. The summed E-state index contributed by atoms with van der Waals surface area (Å²) in [5, 5.41) is 5.84. The van der Waals surface area contributed by atoms with Crippen molar-refractivity contribution in [2.75, 3.05) is 31.6 Å². The quantitative estimate of drug-likeness (QED) is 0.721. The van der Waals surface area contributed by atoms with Crippen LogP contribution in [0.15, 0.2) is 48.5 Å². The number of amides is 2. The largest absolute Gasteiger partial charge is 0.496 e. The molecule has 1 atom stereocenters. The number of hydrogen-bond donors (Lipinski definition) is 2. The van der Waals surface area contributed by atoms with Crippen LogP contribution in [0.5, 0.6) is 5.75 Å². The maximum Gasteiger partial charge on any atom is 0.255 e. The SMILES string of the molecule is COc1ccccc1C(=O)N[C@H](C(=O)NCCN1CCc2ccccc21)C(C)C. The first-order valence-corrected chi connectivity index (χ1v) is 10.1. The van der Waals surface area contributed by atoms with E-state index in [-0.39, 0.29) is 17.7 Å². The fourth-order valence-corrected chi connectivity index (χ4v) is 3.65. The summed E-state index contributed by atoms with van der Waals surface area (Å²) in [4.78, 5) is 27.7. The maximum absolute atomic E-state index is 12.7. The number of ether oxygens (including phenoxy) is 1. The minimum absolute atomic E-state index is 0.0406. The highest BCUT2D eigenvalue weighted by molar-refractivity contribution is 5.99. The molecule has 1 heterocycles. The normalized spacial score (nSPS) is 13.7. The molecule has 0 aromatic heterocycles. The van der Waals surface area contributed by atoms with Crippen LogP contribution in [0.25, 0.3) is 0 Å². The van der Waals surface area contributed by atoms with Crippen LogP contribution in [0, 0.1) is 5.92 Å². The third-order valence-corrected chi connectivity index (χ3v) is 5.25. The summed E-state index contributed by atoms with van der Waals surface area (Å²) in [6.45, 7) is 6.08. The number of fused-ring (bicyclic) bond motifs is 1. The Hall–Kier alpha value is -3.02. The Morgan fingerprint density at radius 3 is 2.59 bits per heavy atom. The van der Waals surface area contributed by atoms with Crippen LogP contribution in [0.2, 0.25) is 0 Å². The lowest BCUT2D eigenvalue weighted by Crippen LogP contribution is -2.50. The standard InChI is InChI=1S/C23H29N3O3/c1-16(2)21(25-22(27)18-9-5-7-11-20(18)29-3)23(28)24-13-15-26-14-12-17-8-4-6-10-19(17)26/h4-11,16,21H,12-15H2,1-3H3,(H,24,28)(H,25,27)/t21-/m0/s1. The summed E-state index contributed by atoms with van der Waals surface area (Å²) in [5.41, 5.74) is 3.01. The molecule has 2 aromatic carbocycles. The zero-order valence-electron chi connectivity index (χ0n) is 17.3. The predicted octanol–water partition coefficient (Wildman–Crippen LogP) is 2.63. The zero-order chi connectivity index (χ0) is 20.8. The summed E-state index contributed by atoms with van der Waals surface area (Å²) in [6.07, 6.45) is 1.04. The zero-order valence-corrected chi connectivity index (χ0v) is 17.3. The molecular formula is C23H29N3O3. The van der Waals surface area contributed by atoms with Crippen molar-refractivity contribution in [2.45, 2.75) is 26.3 Å². The molecule has 154 valence electrons. The van der Waals surface area contributed by atoms with Crippen molar-refractivity contribution in [3.63, 3.8) is 0 Å². The fraction of sp³-hybridized carbons (Fsp3) is 0.391. The van der Waals surface area contributed by atoms with E-state index in [0.717, 1.165) is 19.5 Å². The number of para-hydroxylation sites is 2. The minimum atomic E-state index is -0.613. The number of anilines is 1. The van der Waals surface area contributed by atoms with Gasteiger partial charge in [0.25, 0.3) is 5.91 Å². The summed E-state index contributed by atoms with van der Waals surface area (Å²) in [5.74, 6) is -0.0396. The van der Waals surface area contributed by atoms with Crippen LogP contribution in [-0.4, -0.2) is 44.6 Å². The van der Waals surface area contributed by atoms with Crippen molar-refractivity contribution in [2.24, 2.45) is 5.92 Å². The van der Waals surface area contributed by atoms with Crippen molar-refractivity contribution in [1.29, 1.82) is 0 Å². The molecule has 2 amide bonds. The van der Waals surface area contributed by atoms with Crippen LogP contribution < -0.4 is 20.3 Å². The number of methoxy groups -OCH3 is 1. The van der Waals surface area contributed by atoms with Gasteiger partial charge in [-0.15, -0.1) is 0 Å². The monoisotopic (exact) mass is 395 g/mol. The Morgan fingerprint density at radius 2 is 1.83 bits per heavy atom. The topological polar surface area (TPSA) is 70.7 Å². The van der Waals surface area contributed by atoms with Gasteiger partial charge in [0.1, 0.15) is 11.8 Å². The first kappa shape index (κ1) is 20.7. The molecular weight excluding hydrogens is 366 g/mol. The summed E-state index contributed by atoms with van der Waals surface area (Å²) >= 11 is 0. The Morgan fingerprint density at radius 1 is 1.10 bits per heavy atom. The predicted molar refractivity (Wildman–Crippen MR) is 114 cm³/mol. The molecule has 0 aliphatic carbocycles. The van der Waals surface area contributed by atoms with E-state index in [1.807, 2.05) is 19.9 Å². The fourth-order valence-electron chi connectivity index (χ4n) is 3.65. The highest BCUT2D eigenvalue weighted by Gasteiger charge is 2.26. The van der Waals surface area contributed by atoms with Crippen LogP contribution >= 0.6 is 0 Å². The lowest BCUT2D eigenvalue weighted by molar-refractivity contribution is -0.123. The highest BCUT2D eigenvalue weighted by Crippen LogP contribution is 2.26. The van der Waals surface area contributed by atoms with Gasteiger partial charge in [0.2, 0.25) is 5.91 Å². The van der Waals surface area contributed by atoms with Crippen LogP contribution in [0.4, 0.5) is 5.69 Å². The van der Waals surface area contributed by atoms with Gasteiger partial charge in [-0.05, 0) is 36.1 Å². The Labute approximate surface area is 172 Å². The molecule has 2 aromatic rings. The van der Waals surface area contributed by atoms with E-state index in [2.05, 4.69) is 33.7 Å². The van der Waals surface area contributed by atoms with Gasteiger partial charge in [-0.1, -0.05) is 44.2 Å². The summed E-state index contributed by atoms with van der Waals surface area (Å²) in [6, 6.07) is 14.7. The van der Waals surface area contributed by atoms with Crippen molar-refractivity contribution in [3.8, 4) is 5.75 Å². The molecule has 0 saturated heterocycles. The van der Waals surface area contributed by atoms with Gasteiger partial charge in [0.05, 0.1) is 12.7 Å². The second-order valence-corrected chi connectivity index (χ2v) is 7.55. The third kappa shape index (κ3) is 4.88. The Kier molecular flexibility index (Phi) is 6.75. The van der Waals surface area contributed by atoms with E-state index in [1.54, 1.807) is 24.3 Å². The molecule has 0 radical (unpaired) electrons. The number of nitrogens with one attached hydrogen (secondary N) is 2. The number of nitrogens with zero attached hydrogens (tertiary/aromatic N) is 1. The van der Waals surface area contributed by atoms with E-state index in [0.29, 0.717) is 17.9 Å². The van der Waals surface area contributed by atoms with E-state index in [9.17, 15) is 9.59 Å². The first-order valence-electron chi connectivity index (χ1n) is 10.1. The van der Waals surface area contributed by atoms with Gasteiger partial charge in [0.15, 0.2) is 0 Å². The van der Waals surface area contributed by atoms with Crippen molar-refractivity contribution in [1.82, 2.24) is 10.6 Å². The molecule has 0 saturated carbocycles. The molecule has 29 heavy (non-hydrogen) atoms. The first-order chi connectivity index (χ1) is 14.0. The van der Waals surface area contributed by atoms with E-state index >= 15 is 0 Å². The molecule has 0 spiro atoms. The molecule has 1 aliphatic heterocycles. The second kappa shape index (κ2) is 9.45. The van der Waals surface area contributed by atoms with Crippen LogP contribution in [0.1, 0.15) is 29.8 Å².